The van der Waals surface area contributed by atoms with Gasteiger partial charge < -0.3 is 14.9 Å². The van der Waals surface area contributed by atoms with Gasteiger partial charge in [0.2, 0.25) is 0 Å². The number of hydrogen-bond donors (Lipinski definition) is 1. The first-order chi connectivity index (χ1) is 7.43. The van der Waals surface area contributed by atoms with Crippen LogP contribution in [-0.4, -0.2) is 53.6 Å². The largest absolute Gasteiger partial charge is 0.481 e. The zero-order valence-electron chi connectivity index (χ0n) is 10.6. The summed E-state index contributed by atoms with van der Waals surface area (Å²) in [5, 5.41) is 8.76. The van der Waals surface area contributed by atoms with Crippen molar-refractivity contribution >= 4 is 12.0 Å². The second-order valence-corrected chi connectivity index (χ2v) is 3.98. The van der Waals surface area contributed by atoms with E-state index in [1.165, 1.54) is 4.90 Å². The van der Waals surface area contributed by atoms with E-state index in [0.29, 0.717) is 13.1 Å². The topological polar surface area (TPSA) is 60.9 Å². The highest BCUT2D eigenvalue weighted by atomic mass is 16.4. The molecule has 0 aliphatic rings. The molecule has 0 aliphatic carbocycles. The van der Waals surface area contributed by atoms with Gasteiger partial charge in [0.25, 0.3) is 0 Å². The molecular formula is C11H22N2O3. The summed E-state index contributed by atoms with van der Waals surface area (Å²) in [4.78, 5) is 25.7. The molecule has 2 amide bonds. The Kier molecular flexibility index (Phi) is 6.53. The molecule has 0 aliphatic heterocycles. The van der Waals surface area contributed by atoms with Gasteiger partial charge in [0.1, 0.15) is 0 Å². The quantitative estimate of drug-likeness (QED) is 0.752. The fraction of sp³-hybridized carbons (Fsp3) is 0.818. The van der Waals surface area contributed by atoms with Crippen molar-refractivity contribution in [2.45, 2.75) is 27.2 Å². The number of carbonyl (C=O) groups is 2. The lowest BCUT2D eigenvalue weighted by molar-refractivity contribution is -0.141. The maximum Gasteiger partial charge on any atom is 0.319 e. The van der Waals surface area contributed by atoms with Crippen LogP contribution in [0.4, 0.5) is 4.79 Å². The van der Waals surface area contributed by atoms with Gasteiger partial charge in [-0.15, -0.1) is 0 Å². The Hall–Kier alpha value is -1.26. The first-order valence-electron chi connectivity index (χ1n) is 5.66. The second-order valence-electron chi connectivity index (χ2n) is 3.98. The highest BCUT2D eigenvalue weighted by molar-refractivity contribution is 5.75. The van der Waals surface area contributed by atoms with Crippen molar-refractivity contribution in [1.82, 2.24) is 9.80 Å². The van der Waals surface area contributed by atoms with E-state index in [9.17, 15) is 9.59 Å². The van der Waals surface area contributed by atoms with Crippen molar-refractivity contribution in [2.75, 3.05) is 26.7 Å². The van der Waals surface area contributed by atoms with E-state index in [4.69, 9.17) is 5.11 Å². The van der Waals surface area contributed by atoms with Gasteiger partial charge in [0.05, 0.1) is 5.92 Å². The molecule has 0 spiro atoms. The molecule has 0 saturated carbocycles. The molecule has 94 valence electrons. The maximum atomic E-state index is 11.9. The number of carboxylic acid groups (broad SMARTS) is 1. The van der Waals surface area contributed by atoms with Crippen molar-refractivity contribution in [3.8, 4) is 0 Å². The molecule has 0 bridgehead atoms. The van der Waals surface area contributed by atoms with E-state index in [1.54, 1.807) is 18.9 Å². The summed E-state index contributed by atoms with van der Waals surface area (Å²) >= 11 is 0. The van der Waals surface area contributed by atoms with E-state index in [1.807, 2.05) is 13.8 Å². The smallest absolute Gasteiger partial charge is 0.319 e. The molecule has 0 aromatic heterocycles. The van der Waals surface area contributed by atoms with E-state index in [2.05, 4.69) is 0 Å². The van der Waals surface area contributed by atoms with Crippen LogP contribution in [0.25, 0.3) is 0 Å². The molecular weight excluding hydrogens is 208 g/mol. The molecule has 0 heterocycles. The molecule has 5 heteroatoms. The normalized spacial score (nSPS) is 12.0. The van der Waals surface area contributed by atoms with Crippen LogP contribution in [0.3, 0.4) is 0 Å². The zero-order valence-corrected chi connectivity index (χ0v) is 10.6. The maximum absolute atomic E-state index is 11.9. The monoisotopic (exact) mass is 230 g/mol. The van der Waals surface area contributed by atoms with E-state index >= 15 is 0 Å². The van der Waals surface area contributed by atoms with E-state index in [0.717, 1.165) is 6.42 Å². The molecule has 5 nitrogen and oxygen atoms in total. The van der Waals surface area contributed by atoms with Crippen LogP contribution in [0.2, 0.25) is 0 Å². The summed E-state index contributed by atoms with van der Waals surface area (Å²) in [5.74, 6) is -1.41. The minimum Gasteiger partial charge on any atom is -0.481 e. The fourth-order valence-corrected chi connectivity index (χ4v) is 1.47. The third kappa shape index (κ3) is 4.51. The highest BCUT2D eigenvalue weighted by Gasteiger charge is 2.20. The Labute approximate surface area is 97.0 Å². The molecule has 0 radical (unpaired) electrons. The zero-order chi connectivity index (χ0) is 12.7. The molecule has 1 N–H and O–H groups in total. The van der Waals surface area contributed by atoms with Crippen LogP contribution in [0.1, 0.15) is 27.2 Å². The van der Waals surface area contributed by atoms with Crippen molar-refractivity contribution < 1.29 is 14.7 Å². The number of rotatable bonds is 6. The number of carboxylic acids is 1. The number of carbonyl (C=O) groups excluding carboxylic acids is 1. The average molecular weight is 230 g/mol. The lowest BCUT2D eigenvalue weighted by atomic mass is 10.2. The number of aliphatic carboxylic acids is 1. The number of nitrogens with zero attached hydrogens (tertiary/aromatic N) is 2. The van der Waals surface area contributed by atoms with Crippen molar-refractivity contribution in [1.29, 1.82) is 0 Å². The third-order valence-corrected chi connectivity index (χ3v) is 2.44. The Morgan fingerprint density at radius 3 is 2.25 bits per heavy atom. The van der Waals surface area contributed by atoms with Crippen molar-refractivity contribution in [3.05, 3.63) is 0 Å². The van der Waals surface area contributed by atoms with Gasteiger partial charge in [0.15, 0.2) is 0 Å². The van der Waals surface area contributed by atoms with E-state index in [-0.39, 0.29) is 12.6 Å². The molecule has 0 aromatic rings. The number of hydrogen-bond acceptors (Lipinski definition) is 2. The van der Waals surface area contributed by atoms with Crippen molar-refractivity contribution in [2.24, 2.45) is 5.92 Å². The minimum absolute atomic E-state index is 0.0996. The van der Waals surface area contributed by atoms with Gasteiger partial charge in [-0.1, -0.05) is 13.8 Å². The lowest BCUT2D eigenvalue weighted by Crippen LogP contribution is -2.43. The van der Waals surface area contributed by atoms with Crippen LogP contribution in [0, 0.1) is 5.92 Å². The summed E-state index contributed by atoms with van der Waals surface area (Å²) in [6.07, 6.45) is 0.905. The molecule has 1 unspecified atom stereocenters. The van der Waals surface area contributed by atoms with Gasteiger partial charge in [-0.05, 0) is 13.3 Å². The first-order valence-corrected chi connectivity index (χ1v) is 5.66. The Morgan fingerprint density at radius 2 is 1.88 bits per heavy atom. The lowest BCUT2D eigenvalue weighted by Gasteiger charge is -2.27. The van der Waals surface area contributed by atoms with Crippen LogP contribution in [0.5, 0.6) is 0 Å². The molecule has 0 saturated heterocycles. The minimum atomic E-state index is -0.877. The van der Waals surface area contributed by atoms with Crippen LogP contribution >= 0.6 is 0 Å². The SMILES string of the molecule is CCCN(CC)C(=O)N(C)CC(C)C(=O)O. The van der Waals surface area contributed by atoms with E-state index < -0.39 is 11.9 Å². The Morgan fingerprint density at radius 1 is 1.31 bits per heavy atom. The van der Waals surface area contributed by atoms with Gasteiger partial charge >= 0.3 is 12.0 Å². The van der Waals surface area contributed by atoms with Gasteiger partial charge in [-0.25, -0.2) is 4.79 Å². The van der Waals surface area contributed by atoms with Crippen LogP contribution in [-0.2, 0) is 4.79 Å². The first kappa shape index (κ1) is 14.7. The highest BCUT2D eigenvalue weighted by Crippen LogP contribution is 2.03. The molecule has 1 atom stereocenters. The predicted octanol–water partition coefficient (Wildman–Crippen LogP) is 1.49. The standard InChI is InChI=1S/C11H22N2O3/c1-5-7-13(6-2)11(16)12(4)8-9(3)10(14)15/h9H,5-8H2,1-4H3,(H,14,15). The van der Waals surface area contributed by atoms with Gasteiger partial charge in [0, 0.05) is 26.7 Å². The second kappa shape index (κ2) is 7.09. The molecule has 0 aromatic carbocycles. The van der Waals surface area contributed by atoms with Crippen LogP contribution in [0.15, 0.2) is 0 Å². The Bertz CT molecular complexity index is 243. The van der Waals surface area contributed by atoms with Crippen LogP contribution < -0.4 is 0 Å². The molecule has 0 rings (SSSR count). The third-order valence-electron chi connectivity index (χ3n) is 2.44. The summed E-state index contributed by atoms with van der Waals surface area (Å²) < 4.78 is 0. The summed E-state index contributed by atoms with van der Waals surface area (Å²) in [6, 6.07) is -0.0996. The summed E-state index contributed by atoms with van der Waals surface area (Å²) in [7, 11) is 1.64. The predicted molar refractivity (Wildman–Crippen MR) is 62.4 cm³/mol. The molecule has 0 fully saturated rings. The number of amides is 2. The summed E-state index contributed by atoms with van der Waals surface area (Å²) in [5.41, 5.74) is 0. The Balaban J connectivity index is 4.30. The molecule has 16 heavy (non-hydrogen) atoms. The average Bonchev–Trinajstić information content (AvgIpc) is 2.24. The summed E-state index contributed by atoms with van der Waals surface area (Å²) in [6.45, 7) is 7.13. The number of urea groups is 1. The fourth-order valence-electron chi connectivity index (χ4n) is 1.47. The van der Waals surface area contributed by atoms with Gasteiger partial charge in [-0.3, -0.25) is 4.79 Å². The van der Waals surface area contributed by atoms with Gasteiger partial charge in [-0.2, -0.15) is 0 Å². The van der Waals surface area contributed by atoms with Crippen molar-refractivity contribution in [3.63, 3.8) is 0 Å².